The molecule has 1 N–H and O–H groups in total. The molecule has 6 nitrogen and oxygen atoms in total. The number of hydrogen-bond donors (Lipinski definition) is 1. The van der Waals surface area contributed by atoms with E-state index in [1.165, 1.54) is 24.3 Å². The minimum atomic E-state index is -4.61. The maximum atomic E-state index is 13.5. The van der Waals surface area contributed by atoms with Crippen LogP contribution in [0.1, 0.15) is 97.7 Å². The molecule has 0 spiro atoms. The summed E-state index contributed by atoms with van der Waals surface area (Å²) in [4.78, 5) is 22.7. The molecule has 0 unspecified atom stereocenters. The fourth-order valence-corrected chi connectivity index (χ4v) is 6.19. The minimum absolute atomic E-state index is 0.0304. The van der Waals surface area contributed by atoms with Crippen LogP contribution < -0.4 is 0 Å². The van der Waals surface area contributed by atoms with Gasteiger partial charge in [-0.1, -0.05) is 59.7 Å². The summed E-state index contributed by atoms with van der Waals surface area (Å²) in [5.74, 6) is -1.54. The monoisotopic (exact) mass is 548 g/mol. The van der Waals surface area contributed by atoms with Crippen molar-refractivity contribution in [1.29, 1.82) is 0 Å². The van der Waals surface area contributed by atoms with E-state index in [0.717, 1.165) is 11.1 Å². The van der Waals surface area contributed by atoms with Crippen molar-refractivity contribution in [2.45, 2.75) is 71.1 Å². The third-order valence-corrected chi connectivity index (χ3v) is 7.83. The van der Waals surface area contributed by atoms with Crippen LogP contribution in [-0.2, 0) is 10.1 Å². The number of rotatable bonds is 7. The van der Waals surface area contributed by atoms with Crippen LogP contribution in [0.3, 0.4) is 0 Å². The summed E-state index contributed by atoms with van der Waals surface area (Å²) in [6, 6.07) is 12.6. The zero-order chi connectivity index (χ0) is 28.8. The molecule has 0 aliphatic rings. The number of fused-ring (bicyclic) bond motifs is 1. The molecule has 0 atom stereocenters. The number of carbonyl (C=O) groups is 1. The standard InChI is InChI=1S/C31H33FN2O4S/c1-16(2)23-15-24(17(3)4)30(39(36,37)38)26(18(5)6)27(23)28-22-13-8-19(7)14-25(22)33-31(34-28)29(35)20-9-11-21(32)12-10-20/h8-18H,1-7H3,(H,36,37,38). The van der Waals surface area contributed by atoms with Crippen molar-refractivity contribution in [3.63, 3.8) is 0 Å². The first kappa shape index (κ1) is 28.5. The maximum Gasteiger partial charge on any atom is 0.295 e. The van der Waals surface area contributed by atoms with Gasteiger partial charge in [-0.3, -0.25) is 9.35 Å². The van der Waals surface area contributed by atoms with Crippen molar-refractivity contribution < 1.29 is 22.2 Å². The normalized spacial score (nSPS) is 12.2. The Morgan fingerprint density at radius 3 is 2.00 bits per heavy atom. The lowest BCUT2D eigenvalue weighted by Gasteiger charge is -2.26. The molecule has 3 aromatic carbocycles. The molecule has 0 aliphatic carbocycles. The number of ketones is 1. The van der Waals surface area contributed by atoms with Crippen LogP contribution in [0.4, 0.5) is 4.39 Å². The molecule has 1 aromatic heterocycles. The van der Waals surface area contributed by atoms with Gasteiger partial charge in [-0.15, -0.1) is 0 Å². The predicted octanol–water partition coefficient (Wildman–Crippen LogP) is 7.59. The van der Waals surface area contributed by atoms with Crippen molar-refractivity contribution >= 4 is 26.8 Å². The summed E-state index contributed by atoms with van der Waals surface area (Å²) in [5.41, 5.74) is 4.51. The van der Waals surface area contributed by atoms with Crippen molar-refractivity contribution in [1.82, 2.24) is 9.97 Å². The van der Waals surface area contributed by atoms with Gasteiger partial charge in [0.1, 0.15) is 10.7 Å². The summed E-state index contributed by atoms with van der Waals surface area (Å²) in [7, 11) is -4.61. The first-order chi connectivity index (χ1) is 18.2. The Balaban J connectivity index is 2.20. The lowest BCUT2D eigenvalue weighted by Crippen LogP contribution is -2.15. The van der Waals surface area contributed by atoms with Crippen LogP contribution in [0.25, 0.3) is 22.2 Å². The number of aryl methyl sites for hydroxylation is 1. The van der Waals surface area contributed by atoms with Crippen molar-refractivity contribution in [2.24, 2.45) is 0 Å². The third-order valence-electron chi connectivity index (χ3n) is 6.85. The van der Waals surface area contributed by atoms with E-state index in [4.69, 9.17) is 4.98 Å². The van der Waals surface area contributed by atoms with Crippen molar-refractivity contribution in [2.75, 3.05) is 0 Å². The van der Waals surface area contributed by atoms with Crippen molar-refractivity contribution in [3.05, 3.63) is 88.0 Å². The van der Waals surface area contributed by atoms with Crippen LogP contribution >= 0.6 is 0 Å². The van der Waals surface area contributed by atoms with Gasteiger partial charge in [-0.05, 0) is 77.3 Å². The number of carbonyl (C=O) groups excluding carboxylic acids is 1. The first-order valence-corrected chi connectivity index (χ1v) is 14.4. The highest BCUT2D eigenvalue weighted by Gasteiger charge is 2.31. The van der Waals surface area contributed by atoms with Gasteiger partial charge >= 0.3 is 0 Å². The molecule has 8 heteroatoms. The highest BCUT2D eigenvalue weighted by atomic mass is 32.2. The molecule has 0 fully saturated rings. The average molecular weight is 549 g/mol. The number of halogens is 1. The Hall–Kier alpha value is -3.49. The molecule has 0 saturated carbocycles. The molecule has 4 aromatic rings. The molecule has 39 heavy (non-hydrogen) atoms. The van der Waals surface area contributed by atoms with Gasteiger partial charge in [0.15, 0.2) is 0 Å². The van der Waals surface area contributed by atoms with Gasteiger partial charge in [-0.25, -0.2) is 14.4 Å². The molecule has 0 amide bonds. The smallest absolute Gasteiger partial charge is 0.285 e. The zero-order valence-corrected chi connectivity index (χ0v) is 24.0. The molecular weight excluding hydrogens is 515 g/mol. The van der Waals surface area contributed by atoms with Crippen LogP contribution in [0, 0.1) is 12.7 Å². The van der Waals surface area contributed by atoms with Gasteiger partial charge < -0.3 is 0 Å². The van der Waals surface area contributed by atoms with E-state index in [9.17, 15) is 22.2 Å². The maximum absolute atomic E-state index is 13.5. The minimum Gasteiger partial charge on any atom is -0.285 e. The lowest BCUT2D eigenvalue weighted by molar-refractivity contribution is 0.102. The SMILES string of the molecule is Cc1ccc2c(-c3c(C(C)C)cc(C(C)C)c(S(=O)(=O)O)c3C(C)C)nc(C(=O)c3ccc(F)cc3)nc2c1. The summed E-state index contributed by atoms with van der Waals surface area (Å²) in [6.07, 6.45) is 0. The second-order valence-corrected chi connectivity index (χ2v) is 12.2. The molecular formula is C31H33FN2O4S. The highest BCUT2D eigenvalue weighted by Crippen LogP contribution is 2.44. The summed E-state index contributed by atoms with van der Waals surface area (Å²) in [6.45, 7) is 13.5. The summed E-state index contributed by atoms with van der Waals surface area (Å²) < 4.78 is 49.8. The zero-order valence-electron chi connectivity index (χ0n) is 23.2. The van der Waals surface area contributed by atoms with E-state index in [-0.39, 0.29) is 34.0 Å². The Bertz CT molecular complexity index is 1690. The summed E-state index contributed by atoms with van der Waals surface area (Å²) in [5, 5.41) is 0.652. The number of benzene rings is 3. The van der Waals surface area contributed by atoms with E-state index < -0.39 is 21.7 Å². The van der Waals surface area contributed by atoms with E-state index in [0.29, 0.717) is 33.3 Å². The fraction of sp³-hybridized carbons (Fsp3) is 0.323. The quantitative estimate of drug-likeness (QED) is 0.189. The summed E-state index contributed by atoms with van der Waals surface area (Å²) >= 11 is 0. The second kappa shape index (κ2) is 10.6. The van der Waals surface area contributed by atoms with Crippen LogP contribution in [0.5, 0.6) is 0 Å². The van der Waals surface area contributed by atoms with E-state index >= 15 is 0 Å². The molecule has 204 valence electrons. The largest absolute Gasteiger partial charge is 0.295 e. The first-order valence-electron chi connectivity index (χ1n) is 13.0. The van der Waals surface area contributed by atoms with Gasteiger partial charge in [0.2, 0.25) is 11.6 Å². The van der Waals surface area contributed by atoms with Crippen LogP contribution in [0.15, 0.2) is 53.4 Å². The number of hydrogen-bond acceptors (Lipinski definition) is 5. The van der Waals surface area contributed by atoms with Gasteiger partial charge in [0.05, 0.1) is 11.2 Å². The highest BCUT2D eigenvalue weighted by molar-refractivity contribution is 7.86. The lowest BCUT2D eigenvalue weighted by atomic mass is 9.82. The molecule has 0 bridgehead atoms. The molecule has 1 heterocycles. The Kier molecular flexibility index (Phi) is 7.74. The third kappa shape index (κ3) is 5.49. The van der Waals surface area contributed by atoms with Crippen LogP contribution in [0.2, 0.25) is 0 Å². The average Bonchev–Trinajstić information content (AvgIpc) is 2.85. The molecule has 0 saturated heterocycles. The van der Waals surface area contributed by atoms with E-state index in [1.807, 2.05) is 72.7 Å². The van der Waals surface area contributed by atoms with Crippen molar-refractivity contribution in [3.8, 4) is 11.3 Å². The Labute approximate surface area is 229 Å². The number of aromatic nitrogens is 2. The van der Waals surface area contributed by atoms with E-state index in [1.54, 1.807) is 0 Å². The second-order valence-electron chi connectivity index (χ2n) is 10.9. The van der Waals surface area contributed by atoms with Gasteiger partial charge in [-0.2, -0.15) is 8.42 Å². The fourth-order valence-electron chi connectivity index (χ4n) is 4.98. The Morgan fingerprint density at radius 2 is 1.46 bits per heavy atom. The topological polar surface area (TPSA) is 97.2 Å². The molecule has 4 rings (SSSR count). The van der Waals surface area contributed by atoms with Gasteiger partial charge in [0.25, 0.3) is 10.1 Å². The molecule has 0 aliphatic heterocycles. The Morgan fingerprint density at radius 1 is 0.846 bits per heavy atom. The van der Waals surface area contributed by atoms with Gasteiger partial charge in [0, 0.05) is 16.5 Å². The molecule has 0 radical (unpaired) electrons. The number of nitrogens with zero attached hydrogens (tertiary/aromatic N) is 2. The van der Waals surface area contributed by atoms with Crippen LogP contribution in [-0.4, -0.2) is 28.7 Å². The predicted molar refractivity (Wildman–Crippen MR) is 152 cm³/mol. The van der Waals surface area contributed by atoms with E-state index in [2.05, 4.69) is 4.98 Å².